The number of nitrogen functional groups attached to an aromatic ring is 1. The second kappa shape index (κ2) is 6.39. The summed E-state index contributed by atoms with van der Waals surface area (Å²) < 4.78 is 0. The van der Waals surface area contributed by atoms with Crippen molar-refractivity contribution in [2.75, 3.05) is 16.9 Å². The Labute approximate surface area is 103 Å². The van der Waals surface area contributed by atoms with Gasteiger partial charge in [-0.15, -0.1) is 0 Å². The number of hydrogen-bond acceptors (Lipinski definition) is 5. The Morgan fingerprint density at radius 1 is 1.35 bits per heavy atom. The van der Waals surface area contributed by atoms with Gasteiger partial charge in [0.05, 0.1) is 0 Å². The molecule has 96 valence electrons. The van der Waals surface area contributed by atoms with E-state index in [9.17, 15) is 0 Å². The molecule has 1 aromatic rings. The summed E-state index contributed by atoms with van der Waals surface area (Å²) in [4.78, 5) is 11.1. The Balaban J connectivity index is 3.08. The molecule has 0 bridgehead atoms. The van der Waals surface area contributed by atoms with Crippen molar-refractivity contribution in [3.8, 4) is 0 Å². The van der Waals surface area contributed by atoms with E-state index in [2.05, 4.69) is 41.1 Å². The molecule has 1 aromatic heterocycles. The molecule has 0 radical (unpaired) electrons. The lowest BCUT2D eigenvalue weighted by Crippen LogP contribution is -2.32. The van der Waals surface area contributed by atoms with Crippen molar-refractivity contribution >= 4 is 11.6 Å². The number of rotatable bonds is 6. The highest BCUT2D eigenvalue weighted by Crippen LogP contribution is 2.18. The van der Waals surface area contributed by atoms with Gasteiger partial charge in [-0.25, -0.2) is 15.8 Å². The van der Waals surface area contributed by atoms with E-state index in [1.54, 1.807) is 0 Å². The quantitative estimate of drug-likeness (QED) is 0.584. The highest BCUT2D eigenvalue weighted by Gasteiger charge is 2.13. The Kier molecular flexibility index (Phi) is 5.15. The maximum atomic E-state index is 5.43. The molecule has 0 atom stereocenters. The van der Waals surface area contributed by atoms with Crippen LogP contribution in [0.15, 0.2) is 6.07 Å². The summed E-state index contributed by atoms with van der Waals surface area (Å²) in [6.07, 6.45) is 1.90. The van der Waals surface area contributed by atoms with E-state index in [0.717, 1.165) is 31.0 Å². The van der Waals surface area contributed by atoms with Gasteiger partial charge in [0.1, 0.15) is 17.5 Å². The van der Waals surface area contributed by atoms with E-state index in [0.29, 0.717) is 11.9 Å². The summed E-state index contributed by atoms with van der Waals surface area (Å²) >= 11 is 0. The molecule has 0 fully saturated rings. The van der Waals surface area contributed by atoms with Crippen LogP contribution in [-0.4, -0.2) is 22.6 Å². The number of nitrogens with one attached hydrogen (secondary N) is 1. The van der Waals surface area contributed by atoms with Crippen molar-refractivity contribution in [1.29, 1.82) is 0 Å². The number of hydrazine groups is 1. The van der Waals surface area contributed by atoms with Crippen LogP contribution in [0.2, 0.25) is 0 Å². The second-order valence-electron chi connectivity index (χ2n) is 4.31. The van der Waals surface area contributed by atoms with Gasteiger partial charge >= 0.3 is 0 Å². The predicted molar refractivity (Wildman–Crippen MR) is 72.0 cm³/mol. The van der Waals surface area contributed by atoms with Crippen molar-refractivity contribution in [2.45, 2.75) is 46.6 Å². The fourth-order valence-corrected chi connectivity index (χ4v) is 1.74. The zero-order valence-corrected chi connectivity index (χ0v) is 11.2. The Bertz CT molecular complexity index is 328. The van der Waals surface area contributed by atoms with Crippen LogP contribution in [0.25, 0.3) is 0 Å². The zero-order chi connectivity index (χ0) is 12.8. The van der Waals surface area contributed by atoms with Crippen LogP contribution >= 0.6 is 0 Å². The maximum absolute atomic E-state index is 5.43. The lowest BCUT2D eigenvalue weighted by Gasteiger charge is -2.28. The molecule has 1 heterocycles. The Morgan fingerprint density at radius 3 is 2.53 bits per heavy atom. The summed E-state index contributed by atoms with van der Waals surface area (Å²) in [6.45, 7) is 9.53. The van der Waals surface area contributed by atoms with Crippen molar-refractivity contribution in [2.24, 2.45) is 5.84 Å². The normalized spacial score (nSPS) is 10.7. The third kappa shape index (κ3) is 3.56. The second-order valence-corrected chi connectivity index (χ2v) is 4.31. The van der Waals surface area contributed by atoms with E-state index in [4.69, 9.17) is 5.84 Å². The standard InChI is InChI=1S/C12H23N5/c1-5-7-17(9(3)4)12-8-11(16-13)14-10(6-2)15-12/h8-9H,5-7,13H2,1-4H3,(H,14,15,16). The average Bonchev–Trinajstić information content (AvgIpc) is 2.34. The predicted octanol–water partition coefficient (Wildman–Crippen LogP) is 1.95. The summed E-state index contributed by atoms with van der Waals surface area (Å²) in [5.74, 6) is 7.87. The summed E-state index contributed by atoms with van der Waals surface area (Å²) in [7, 11) is 0. The molecule has 0 aliphatic heterocycles. The first kappa shape index (κ1) is 13.7. The van der Waals surface area contributed by atoms with Crippen molar-refractivity contribution in [3.05, 3.63) is 11.9 Å². The molecule has 3 N–H and O–H groups in total. The van der Waals surface area contributed by atoms with E-state index in [1.165, 1.54) is 0 Å². The van der Waals surface area contributed by atoms with Crippen molar-refractivity contribution in [1.82, 2.24) is 9.97 Å². The molecule has 5 heteroatoms. The van der Waals surface area contributed by atoms with E-state index >= 15 is 0 Å². The number of aryl methyl sites for hydroxylation is 1. The lowest BCUT2D eigenvalue weighted by atomic mass is 10.3. The molecular formula is C12H23N5. The Morgan fingerprint density at radius 2 is 2.06 bits per heavy atom. The number of hydrogen-bond donors (Lipinski definition) is 2. The molecular weight excluding hydrogens is 214 g/mol. The van der Waals surface area contributed by atoms with Crippen LogP contribution in [0.5, 0.6) is 0 Å². The molecule has 0 spiro atoms. The van der Waals surface area contributed by atoms with Gasteiger partial charge in [-0.2, -0.15) is 0 Å². The molecule has 0 unspecified atom stereocenters. The van der Waals surface area contributed by atoms with E-state index < -0.39 is 0 Å². The number of nitrogens with two attached hydrogens (primary N) is 1. The Hall–Kier alpha value is -1.36. The third-order valence-electron chi connectivity index (χ3n) is 2.61. The third-order valence-corrected chi connectivity index (χ3v) is 2.61. The van der Waals surface area contributed by atoms with Crippen LogP contribution in [0.4, 0.5) is 11.6 Å². The summed E-state index contributed by atoms with van der Waals surface area (Å²) in [6, 6.07) is 2.31. The monoisotopic (exact) mass is 237 g/mol. The first-order valence-corrected chi connectivity index (χ1v) is 6.23. The fraction of sp³-hybridized carbons (Fsp3) is 0.667. The van der Waals surface area contributed by atoms with E-state index in [1.807, 2.05) is 13.0 Å². The summed E-state index contributed by atoms with van der Waals surface area (Å²) in [5.41, 5.74) is 2.60. The van der Waals surface area contributed by atoms with Gasteiger partial charge in [-0.05, 0) is 20.3 Å². The van der Waals surface area contributed by atoms with Crippen molar-refractivity contribution in [3.63, 3.8) is 0 Å². The van der Waals surface area contributed by atoms with Crippen LogP contribution in [0, 0.1) is 0 Å². The number of aromatic nitrogens is 2. The first-order chi connectivity index (χ1) is 8.12. The SMILES string of the molecule is CCCN(c1cc(NN)nc(CC)n1)C(C)C. The van der Waals surface area contributed by atoms with Gasteiger partial charge < -0.3 is 10.3 Å². The van der Waals surface area contributed by atoms with Crippen LogP contribution < -0.4 is 16.2 Å². The van der Waals surface area contributed by atoms with Gasteiger partial charge in [0.2, 0.25) is 0 Å². The molecule has 0 amide bonds. The molecule has 1 rings (SSSR count). The molecule has 0 saturated heterocycles. The lowest BCUT2D eigenvalue weighted by molar-refractivity contribution is 0.658. The molecule has 5 nitrogen and oxygen atoms in total. The van der Waals surface area contributed by atoms with Gasteiger partial charge in [-0.3, -0.25) is 0 Å². The maximum Gasteiger partial charge on any atom is 0.145 e. The molecule has 17 heavy (non-hydrogen) atoms. The highest BCUT2D eigenvalue weighted by atomic mass is 15.3. The number of nitrogens with zero attached hydrogens (tertiary/aromatic N) is 3. The fourth-order valence-electron chi connectivity index (χ4n) is 1.74. The number of anilines is 2. The smallest absolute Gasteiger partial charge is 0.145 e. The largest absolute Gasteiger partial charge is 0.354 e. The highest BCUT2D eigenvalue weighted by molar-refractivity contribution is 5.49. The van der Waals surface area contributed by atoms with Crippen LogP contribution in [0.3, 0.4) is 0 Å². The van der Waals surface area contributed by atoms with E-state index in [-0.39, 0.29) is 0 Å². The molecule has 0 saturated carbocycles. The summed E-state index contributed by atoms with van der Waals surface area (Å²) in [5, 5.41) is 0. The van der Waals surface area contributed by atoms with Crippen molar-refractivity contribution < 1.29 is 0 Å². The van der Waals surface area contributed by atoms with Gasteiger partial charge in [0, 0.05) is 25.1 Å². The molecule has 0 aromatic carbocycles. The first-order valence-electron chi connectivity index (χ1n) is 6.23. The minimum atomic E-state index is 0.417. The zero-order valence-electron chi connectivity index (χ0n) is 11.2. The van der Waals surface area contributed by atoms with Crippen LogP contribution in [-0.2, 0) is 6.42 Å². The average molecular weight is 237 g/mol. The minimum absolute atomic E-state index is 0.417. The van der Waals surface area contributed by atoms with Gasteiger partial charge in [-0.1, -0.05) is 13.8 Å². The molecule has 0 aliphatic carbocycles. The minimum Gasteiger partial charge on any atom is -0.354 e. The van der Waals surface area contributed by atoms with Gasteiger partial charge in [0.15, 0.2) is 0 Å². The topological polar surface area (TPSA) is 67.1 Å². The van der Waals surface area contributed by atoms with Crippen LogP contribution in [0.1, 0.15) is 39.9 Å². The molecule has 0 aliphatic rings. The van der Waals surface area contributed by atoms with Gasteiger partial charge in [0.25, 0.3) is 0 Å².